The van der Waals surface area contributed by atoms with Crippen LogP contribution in [0.3, 0.4) is 0 Å². The number of aryl methyl sites for hydroxylation is 1. The number of ether oxygens (including phenoxy) is 1. The van der Waals surface area contributed by atoms with Crippen molar-refractivity contribution in [2.75, 3.05) is 6.54 Å². The van der Waals surface area contributed by atoms with Gasteiger partial charge >= 0.3 is 0 Å². The summed E-state index contributed by atoms with van der Waals surface area (Å²) in [4.78, 5) is 11.7. The lowest BCUT2D eigenvalue weighted by Gasteiger charge is -2.15. The minimum Gasteiger partial charge on any atom is -0.481 e. The second kappa shape index (κ2) is 6.06. The summed E-state index contributed by atoms with van der Waals surface area (Å²) in [6.45, 7) is 4.42. The summed E-state index contributed by atoms with van der Waals surface area (Å²) >= 11 is 0. The van der Waals surface area contributed by atoms with Gasteiger partial charge in [0.1, 0.15) is 5.75 Å². The van der Waals surface area contributed by atoms with Crippen LogP contribution in [0.15, 0.2) is 18.2 Å². The number of fused-ring (bicyclic) bond motifs is 1. The second-order valence-corrected chi connectivity index (χ2v) is 4.97. The van der Waals surface area contributed by atoms with Crippen LogP contribution in [0, 0.1) is 0 Å². The minimum atomic E-state index is -0.504. The first-order chi connectivity index (χ1) is 9.11. The molecule has 2 N–H and O–H groups in total. The number of aliphatic hydroxyl groups is 1. The van der Waals surface area contributed by atoms with Gasteiger partial charge in [-0.25, -0.2) is 0 Å². The van der Waals surface area contributed by atoms with E-state index in [0.717, 1.165) is 30.4 Å². The Kier molecular flexibility index (Phi) is 4.43. The van der Waals surface area contributed by atoms with Crippen molar-refractivity contribution in [3.63, 3.8) is 0 Å². The molecule has 0 fully saturated rings. The fourth-order valence-corrected chi connectivity index (χ4v) is 2.29. The SMILES string of the molecule is CCCNC(=O)C(C)Oc1ccc2c(c1)CCC2O. The number of amides is 1. The fourth-order valence-electron chi connectivity index (χ4n) is 2.29. The molecule has 104 valence electrons. The number of rotatable bonds is 5. The smallest absolute Gasteiger partial charge is 0.260 e. The van der Waals surface area contributed by atoms with Gasteiger partial charge in [0, 0.05) is 6.54 Å². The lowest BCUT2D eigenvalue weighted by molar-refractivity contribution is -0.127. The highest BCUT2D eigenvalue weighted by atomic mass is 16.5. The van der Waals surface area contributed by atoms with E-state index in [0.29, 0.717) is 12.3 Å². The summed E-state index contributed by atoms with van der Waals surface area (Å²) < 4.78 is 5.64. The highest BCUT2D eigenvalue weighted by Gasteiger charge is 2.21. The van der Waals surface area contributed by atoms with E-state index in [1.807, 2.05) is 25.1 Å². The summed E-state index contributed by atoms with van der Waals surface area (Å²) in [5.74, 6) is 0.592. The van der Waals surface area contributed by atoms with Gasteiger partial charge in [-0.2, -0.15) is 0 Å². The zero-order valence-corrected chi connectivity index (χ0v) is 11.5. The molecule has 0 saturated carbocycles. The molecule has 1 aromatic rings. The summed E-state index contributed by atoms with van der Waals surface area (Å²) in [6.07, 6.45) is 1.69. The van der Waals surface area contributed by atoms with Gasteiger partial charge in [0.2, 0.25) is 0 Å². The van der Waals surface area contributed by atoms with Gasteiger partial charge < -0.3 is 15.2 Å². The van der Waals surface area contributed by atoms with E-state index in [1.54, 1.807) is 6.92 Å². The molecule has 19 heavy (non-hydrogen) atoms. The Labute approximate surface area is 113 Å². The van der Waals surface area contributed by atoms with Gasteiger partial charge in [-0.15, -0.1) is 0 Å². The highest BCUT2D eigenvalue weighted by molar-refractivity contribution is 5.80. The molecule has 0 heterocycles. The number of carbonyl (C=O) groups is 1. The van der Waals surface area contributed by atoms with E-state index in [2.05, 4.69) is 5.32 Å². The Hall–Kier alpha value is -1.55. The maximum Gasteiger partial charge on any atom is 0.260 e. The van der Waals surface area contributed by atoms with E-state index < -0.39 is 6.10 Å². The molecule has 1 amide bonds. The van der Waals surface area contributed by atoms with Crippen LogP contribution >= 0.6 is 0 Å². The molecule has 2 atom stereocenters. The van der Waals surface area contributed by atoms with E-state index in [4.69, 9.17) is 4.74 Å². The number of nitrogens with one attached hydrogen (secondary N) is 1. The van der Waals surface area contributed by atoms with E-state index in [1.165, 1.54) is 0 Å². The van der Waals surface area contributed by atoms with Crippen LogP contribution in [-0.2, 0) is 11.2 Å². The lowest BCUT2D eigenvalue weighted by Crippen LogP contribution is -2.36. The largest absolute Gasteiger partial charge is 0.481 e. The Morgan fingerprint density at radius 3 is 3.11 bits per heavy atom. The molecule has 0 bridgehead atoms. The zero-order valence-electron chi connectivity index (χ0n) is 11.5. The van der Waals surface area contributed by atoms with Gasteiger partial charge in [0.25, 0.3) is 5.91 Å². The van der Waals surface area contributed by atoms with Crippen LogP contribution in [0.5, 0.6) is 5.75 Å². The first kappa shape index (κ1) is 13.9. The third-order valence-electron chi connectivity index (χ3n) is 3.39. The van der Waals surface area contributed by atoms with Crippen molar-refractivity contribution in [2.45, 2.75) is 45.3 Å². The Balaban J connectivity index is 1.98. The predicted molar refractivity (Wildman–Crippen MR) is 73.1 cm³/mol. The molecule has 0 aliphatic heterocycles. The number of hydrogen-bond donors (Lipinski definition) is 2. The second-order valence-electron chi connectivity index (χ2n) is 4.97. The standard InChI is InChI=1S/C15H21NO3/c1-3-8-16-15(18)10(2)19-12-5-6-13-11(9-12)4-7-14(13)17/h5-6,9-10,14,17H,3-4,7-8H2,1-2H3,(H,16,18). The maximum absolute atomic E-state index is 11.7. The molecule has 4 heteroatoms. The average Bonchev–Trinajstić information content (AvgIpc) is 2.77. The van der Waals surface area contributed by atoms with E-state index >= 15 is 0 Å². The number of carbonyl (C=O) groups excluding carboxylic acids is 1. The summed E-state index contributed by atoms with van der Waals surface area (Å²) in [6, 6.07) is 5.63. The summed E-state index contributed by atoms with van der Waals surface area (Å²) in [7, 11) is 0. The van der Waals surface area contributed by atoms with Crippen LogP contribution in [0.4, 0.5) is 0 Å². The molecule has 4 nitrogen and oxygen atoms in total. The molecule has 0 saturated heterocycles. The molecule has 0 spiro atoms. The molecule has 0 radical (unpaired) electrons. The van der Waals surface area contributed by atoms with Gasteiger partial charge in [0.15, 0.2) is 6.10 Å². The maximum atomic E-state index is 11.7. The van der Waals surface area contributed by atoms with Crippen molar-refractivity contribution >= 4 is 5.91 Å². The Bertz CT molecular complexity index is 459. The lowest BCUT2D eigenvalue weighted by atomic mass is 10.1. The zero-order chi connectivity index (χ0) is 13.8. The first-order valence-corrected chi connectivity index (χ1v) is 6.87. The van der Waals surface area contributed by atoms with Crippen molar-refractivity contribution in [3.8, 4) is 5.75 Å². The molecular formula is C15H21NO3. The molecule has 2 unspecified atom stereocenters. The highest BCUT2D eigenvalue weighted by Crippen LogP contribution is 2.33. The van der Waals surface area contributed by atoms with Gasteiger partial charge in [-0.3, -0.25) is 4.79 Å². The van der Waals surface area contributed by atoms with Crippen LogP contribution in [0.1, 0.15) is 43.9 Å². The quantitative estimate of drug-likeness (QED) is 0.853. The van der Waals surface area contributed by atoms with Crippen LogP contribution in [0.25, 0.3) is 0 Å². The third kappa shape index (κ3) is 3.26. The Morgan fingerprint density at radius 1 is 1.58 bits per heavy atom. The van der Waals surface area contributed by atoms with Crippen LogP contribution in [0.2, 0.25) is 0 Å². The van der Waals surface area contributed by atoms with E-state index in [9.17, 15) is 9.90 Å². The van der Waals surface area contributed by atoms with E-state index in [-0.39, 0.29) is 12.0 Å². The van der Waals surface area contributed by atoms with Gasteiger partial charge in [0.05, 0.1) is 6.10 Å². The van der Waals surface area contributed by atoms with Gasteiger partial charge in [-0.1, -0.05) is 13.0 Å². The first-order valence-electron chi connectivity index (χ1n) is 6.87. The summed E-state index contributed by atoms with van der Waals surface area (Å²) in [5.41, 5.74) is 2.10. The monoisotopic (exact) mass is 263 g/mol. The minimum absolute atomic E-state index is 0.0950. The van der Waals surface area contributed by atoms with Crippen molar-refractivity contribution < 1.29 is 14.6 Å². The number of aliphatic hydroxyl groups excluding tert-OH is 1. The van der Waals surface area contributed by atoms with Crippen LogP contribution in [-0.4, -0.2) is 23.7 Å². The van der Waals surface area contributed by atoms with Crippen molar-refractivity contribution in [1.82, 2.24) is 5.32 Å². The molecule has 2 rings (SSSR count). The third-order valence-corrected chi connectivity index (χ3v) is 3.39. The predicted octanol–water partition coefficient (Wildman–Crippen LogP) is 1.96. The van der Waals surface area contributed by atoms with Gasteiger partial charge in [-0.05, 0) is 49.4 Å². The number of benzene rings is 1. The van der Waals surface area contributed by atoms with Crippen molar-refractivity contribution in [2.24, 2.45) is 0 Å². The van der Waals surface area contributed by atoms with Crippen molar-refractivity contribution in [3.05, 3.63) is 29.3 Å². The molecular weight excluding hydrogens is 242 g/mol. The fraction of sp³-hybridized carbons (Fsp3) is 0.533. The number of hydrogen-bond acceptors (Lipinski definition) is 3. The average molecular weight is 263 g/mol. The summed E-state index contributed by atoms with van der Waals surface area (Å²) in [5, 5.41) is 12.5. The Morgan fingerprint density at radius 2 is 2.37 bits per heavy atom. The molecule has 1 aliphatic rings. The molecule has 1 aliphatic carbocycles. The topological polar surface area (TPSA) is 58.6 Å². The molecule has 0 aromatic heterocycles. The molecule has 1 aromatic carbocycles. The normalized spacial score (nSPS) is 18.8. The van der Waals surface area contributed by atoms with Crippen LogP contribution < -0.4 is 10.1 Å². The van der Waals surface area contributed by atoms with Crippen molar-refractivity contribution in [1.29, 1.82) is 0 Å².